The van der Waals surface area contributed by atoms with E-state index in [0.717, 1.165) is 32.1 Å². The van der Waals surface area contributed by atoms with Gasteiger partial charge in [0.1, 0.15) is 5.60 Å². The lowest BCUT2D eigenvalue weighted by molar-refractivity contribution is -0.150. The molecule has 2 N–H and O–H groups in total. The van der Waals surface area contributed by atoms with Gasteiger partial charge in [-0.05, 0) is 32.1 Å². The number of carbonyl (C=O) groups is 1. The normalized spacial score (nSPS) is 41.8. The van der Waals surface area contributed by atoms with Crippen LogP contribution >= 0.6 is 0 Å². The maximum Gasteiger partial charge on any atom is 0.306 e. The van der Waals surface area contributed by atoms with Gasteiger partial charge in [0.05, 0.1) is 0 Å². The molecule has 0 bridgehead atoms. The molecule has 1 spiro atoms. The Morgan fingerprint density at radius 2 is 2.00 bits per heavy atom. The molecule has 1 saturated carbocycles. The van der Waals surface area contributed by atoms with Crippen LogP contribution in [-0.2, 0) is 9.53 Å². The van der Waals surface area contributed by atoms with Crippen molar-refractivity contribution in [3.8, 4) is 0 Å². The Bertz CT molecular complexity index is 195. The molecule has 1 aliphatic carbocycles. The largest absolute Gasteiger partial charge is 0.459 e. The van der Waals surface area contributed by atoms with Crippen molar-refractivity contribution in [2.75, 3.05) is 0 Å². The summed E-state index contributed by atoms with van der Waals surface area (Å²) >= 11 is 0. The molecule has 0 atom stereocenters. The van der Waals surface area contributed by atoms with Crippen LogP contribution in [0.4, 0.5) is 0 Å². The molecule has 1 saturated heterocycles. The number of ether oxygens (including phenoxy) is 1. The van der Waals surface area contributed by atoms with E-state index in [1.165, 1.54) is 0 Å². The van der Waals surface area contributed by atoms with E-state index in [9.17, 15) is 4.79 Å². The van der Waals surface area contributed by atoms with E-state index >= 15 is 0 Å². The fourth-order valence-corrected chi connectivity index (χ4v) is 2.19. The summed E-state index contributed by atoms with van der Waals surface area (Å²) in [6.45, 7) is 0. The van der Waals surface area contributed by atoms with E-state index in [1.807, 2.05) is 0 Å². The molecule has 0 unspecified atom stereocenters. The highest BCUT2D eigenvalue weighted by Gasteiger charge is 2.42. The van der Waals surface area contributed by atoms with Gasteiger partial charge in [-0.3, -0.25) is 4.79 Å². The minimum Gasteiger partial charge on any atom is -0.459 e. The highest BCUT2D eigenvalue weighted by molar-refractivity contribution is 5.72. The van der Waals surface area contributed by atoms with E-state index in [4.69, 9.17) is 10.5 Å². The van der Waals surface area contributed by atoms with Crippen LogP contribution < -0.4 is 5.73 Å². The lowest BCUT2D eigenvalue weighted by Crippen LogP contribution is -2.38. The third-order valence-electron chi connectivity index (χ3n) is 3.06. The molecule has 3 heteroatoms. The Labute approximate surface area is 72.3 Å². The summed E-state index contributed by atoms with van der Waals surface area (Å²) in [6.07, 6.45) is 5.48. The first-order valence-electron chi connectivity index (χ1n) is 4.68. The van der Waals surface area contributed by atoms with Crippen LogP contribution in [0.5, 0.6) is 0 Å². The molecule has 12 heavy (non-hydrogen) atoms. The summed E-state index contributed by atoms with van der Waals surface area (Å²) in [5, 5.41) is 0. The molecule has 2 rings (SSSR count). The Balaban J connectivity index is 1.99. The monoisotopic (exact) mass is 169 g/mol. The molecule has 68 valence electrons. The second-order valence-corrected chi connectivity index (χ2v) is 3.99. The summed E-state index contributed by atoms with van der Waals surface area (Å²) in [7, 11) is 0. The lowest BCUT2D eigenvalue weighted by Gasteiger charge is -2.34. The van der Waals surface area contributed by atoms with Crippen LogP contribution in [0.1, 0.15) is 38.5 Å². The Hall–Kier alpha value is -0.570. The zero-order chi connectivity index (χ0) is 8.60. The van der Waals surface area contributed by atoms with Crippen molar-refractivity contribution >= 4 is 5.97 Å². The van der Waals surface area contributed by atoms with E-state index < -0.39 is 0 Å². The summed E-state index contributed by atoms with van der Waals surface area (Å²) in [6, 6.07) is 0.329. The van der Waals surface area contributed by atoms with Crippen molar-refractivity contribution in [1.82, 2.24) is 0 Å². The summed E-state index contributed by atoms with van der Waals surface area (Å²) in [4.78, 5) is 10.9. The molecular weight excluding hydrogens is 154 g/mol. The van der Waals surface area contributed by atoms with Gasteiger partial charge in [-0.1, -0.05) is 0 Å². The number of hydrogen-bond acceptors (Lipinski definition) is 3. The van der Waals surface area contributed by atoms with E-state index in [1.54, 1.807) is 0 Å². The van der Waals surface area contributed by atoms with Gasteiger partial charge >= 0.3 is 5.97 Å². The summed E-state index contributed by atoms with van der Waals surface area (Å²) in [5.74, 6) is -0.0227. The molecule has 0 amide bonds. The maximum atomic E-state index is 10.9. The van der Waals surface area contributed by atoms with Crippen molar-refractivity contribution in [3.05, 3.63) is 0 Å². The van der Waals surface area contributed by atoms with Crippen LogP contribution in [-0.4, -0.2) is 17.6 Å². The van der Waals surface area contributed by atoms with Crippen LogP contribution in [0, 0.1) is 0 Å². The van der Waals surface area contributed by atoms with Gasteiger partial charge in [-0.15, -0.1) is 0 Å². The van der Waals surface area contributed by atoms with Crippen molar-refractivity contribution in [2.45, 2.75) is 50.2 Å². The van der Waals surface area contributed by atoms with Crippen LogP contribution in [0.3, 0.4) is 0 Å². The van der Waals surface area contributed by atoms with Gasteiger partial charge < -0.3 is 10.5 Å². The van der Waals surface area contributed by atoms with E-state index in [0.29, 0.717) is 12.5 Å². The van der Waals surface area contributed by atoms with Crippen LogP contribution in [0.2, 0.25) is 0 Å². The minimum absolute atomic E-state index is 0.0227. The first-order chi connectivity index (χ1) is 5.70. The molecule has 1 aliphatic heterocycles. The highest BCUT2D eigenvalue weighted by atomic mass is 16.6. The predicted molar refractivity (Wildman–Crippen MR) is 44.5 cm³/mol. The molecule has 3 nitrogen and oxygen atoms in total. The molecule has 0 aromatic rings. The minimum atomic E-state index is -0.104. The second-order valence-electron chi connectivity index (χ2n) is 3.99. The fraction of sp³-hybridized carbons (Fsp3) is 0.889. The van der Waals surface area contributed by atoms with E-state index in [2.05, 4.69) is 0 Å². The number of carbonyl (C=O) groups excluding carboxylic acids is 1. The SMILES string of the molecule is NC1CCC2(CCC(=O)O2)CC1. The Kier molecular flexibility index (Phi) is 1.83. The Morgan fingerprint density at radius 1 is 1.33 bits per heavy atom. The molecular formula is C9H15NO2. The lowest BCUT2D eigenvalue weighted by atomic mass is 9.81. The van der Waals surface area contributed by atoms with Gasteiger partial charge in [0.2, 0.25) is 0 Å². The smallest absolute Gasteiger partial charge is 0.306 e. The number of hydrogen-bond donors (Lipinski definition) is 1. The first-order valence-corrected chi connectivity index (χ1v) is 4.68. The van der Waals surface area contributed by atoms with Crippen molar-refractivity contribution < 1.29 is 9.53 Å². The van der Waals surface area contributed by atoms with Gasteiger partial charge in [0.25, 0.3) is 0 Å². The first kappa shape index (κ1) is 8.05. The molecule has 1 heterocycles. The highest BCUT2D eigenvalue weighted by Crippen LogP contribution is 2.39. The number of nitrogens with two attached hydrogens (primary N) is 1. The zero-order valence-electron chi connectivity index (χ0n) is 7.21. The van der Waals surface area contributed by atoms with Crippen LogP contribution in [0.25, 0.3) is 0 Å². The quantitative estimate of drug-likeness (QED) is 0.549. The zero-order valence-corrected chi connectivity index (χ0v) is 7.21. The van der Waals surface area contributed by atoms with Crippen LogP contribution in [0.15, 0.2) is 0 Å². The second kappa shape index (κ2) is 2.73. The molecule has 0 aromatic carbocycles. The van der Waals surface area contributed by atoms with Gasteiger partial charge in [-0.2, -0.15) is 0 Å². The third kappa shape index (κ3) is 1.33. The fourth-order valence-electron chi connectivity index (χ4n) is 2.19. The number of rotatable bonds is 0. The topological polar surface area (TPSA) is 52.3 Å². The van der Waals surface area contributed by atoms with Gasteiger partial charge in [0, 0.05) is 12.5 Å². The predicted octanol–water partition coefficient (Wildman–Crippen LogP) is 0.963. The third-order valence-corrected chi connectivity index (χ3v) is 3.06. The van der Waals surface area contributed by atoms with Crippen molar-refractivity contribution in [2.24, 2.45) is 5.73 Å². The summed E-state index contributed by atoms with van der Waals surface area (Å²) < 4.78 is 5.34. The molecule has 0 radical (unpaired) electrons. The van der Waals surface area contributed by atoms with E-state index in [-0.39, 0.29) is 11.6 Å². The molecule has 2 fully saturated rings. The van der Waals surface area contributed by atoms with Crippen molar-refractivity contribution in [1.29, 1.82) is 0 Å². The van der Waals surface area contributed by atoms with Gasteiger partial charge in [-0.25, -0.2) is 0 Å². The maximum absolute atomic E-state index is 10.9. The Morgan fingerprint density at radius 3 is 2.50 bits per heavy atom. The average molecular weight is 169 g/mol. The molecule has 0 aromatic heterocycles. The standard InChI is InChI=1S/C9H15NO2/c10-7-1-4-9(5-2-7)6-3-8(11)12-9/h7H,1-6,10H2. The molecule has 2 aliphatic rings. The van der Waals surface area contributed by atoms with Crippen molar-refractivity contribution in [3.63, 3.8) is 0 Å². The summed E-state index contributed by atoms with van der Waals surface area (Å²) in [5.41, 5.74) is 5.68. The number of esters is 1. The average Bonchev–Trinajstić information content (AvgIpc) is 2.40. The van der Waals surface area contributed by atoms with Gasteiger partial charge in [0.15, 0.2) is 0 Å².